The second-order valence-corrected chi connectivity index (χ2v) is 7.36. The number of benzene rings is 2. The van der Waals surface area contributed by atoms with Crippen molar-refractivity contribution in [2.24, 2.45) is 0 Å². The van der Waals surface area contributed by atoms with Gasteiger partial charge in [-0.1, -0.05) is 18.2 Å². The Hall–Kier alpha value is -2.96. The lowest BCUT2D eigenvalue weighted by atomic mass is 10.0. The predicted molar refractivity (Wildman–Crippen MR) is 105 cm³/mol. The van der Waals surface area contributed by atoms with Crippen molar-refractivity contribution in [3.8, 4) is 5.75 Å². The molecule has 0 radical (unpaired) electrons. The highest BCUT2D eigenvalue weighted by Crippen LogP contribution is 2.37. The number of halogens is 3. The van der Waals surface area contributed by atoms with Gasteiger partial charge >= 0.3 is 12.1 Å². The number of hydrogen-bond donors (Lipinski definition) is 1. The summed E-state index contributed by atoms with van der Waals surface area (Å²) < 4.78 is 49.9. The van der Waals surface area contributed by atoms with Crippen molar-refractivity contribution in [1.29, 1.82) is 0 Å². The molecule has 0 amide bonds. The number of rotatable bonds is 7. The van der Waals surface area contributed by atoms with Crippen molar-refractivity contribution < 1.29 is 32.5 Å². The summed E-state index contributed by atoms with van der Waals surface area (Å²) in [4.78, 5) is 10.7. The number of ether oxygens (including phenoxy) is 2. The molecule has 1 N–H and O–H groups in total. The van der Waals surface area contributed by atoms with Crippen molar-refractivity contribution in [2.45, 2.75) is 45.4 Å². The van der Waals surface area contributed by atoms with Gasteiger partial charge in [0.25, 0.3) is 0 Å². The minimum Gasteiger partial charge on any atom is -0.490 e. The van der Waals surface area contributed by atoms with Crippen LogP contribution in [0.2, 0.25) is 0 Å². The molecule has 160 valence electrons. The summed E-state index contributed by atoms with van der Waals surface area (Å²) >= 11 is 0. The maximum atomic E-state index is 12.7. The van der Waals surface area contributed by atoms with Gasteiger partial charge in [-0.05, 0) is 61.2 Å². The van der Waals surface area contributed by atoms with Gasteiger partial charge in [-0.2, -0.15) is 13.2 Å². The molecule has 1 aliphatic heterocycles. The summed E-state index contributed by atoms with van der Waals surface area (Å²) in [7, 11) is 0. The molecule has 7 heteroatoms. The number of carboxylic acids is 1. The molecule has 4 nitrogen and oxygen atoms in total. The summed E-state index contributed by atoms with van der Waals surface area (Å²) in [5.74, 6) is 0.556. The van der Waals surface area contributed by atoms with Crippen molar-refractivity contribution >= 4 is 5.97 Å². The first kappa shape index (κ1) is 21.7. The average Bonchev–Trinajstić information content (AvgIpc) is 3.05. The van der Waals surface area contributed by atoms with E-state index >= 15 is 0 Å². The molecule has 2 aromatic carbocycles. The Kier molecular flexibility index (Phi) is 6.39. The van der Waals surface area contributed by atoms with Crippen LogP contribution in [0.4, 0.5) is 13.2 Å². The van der Waals surface area contributed by atoms with Crippen molar-refractivity contribution in [3.05, 3.63) is 76.1 Å². The van der Waals surface area contributed by atoms with Crippen LogP contribution in [-0.2, 0) is 22.1 Å². The van der Waals surface area contributed by atoms with E-state index in [0.29, 0.717) is 30.8 Å². The molecule has 0 fully saturated rings. The summed E-state index contributed by atoms with van der Waals surface area (Å²) in [6.45, 7) is 4.05. The zero-order chi connectivity index (χ0) is 21.9. The van der Waals surface area contributed by atoms with Crippen LogP contribution in [0.3, 0.4) is 0 Å². The van der Waals surface area contributed by atoms with Crippen LogP contribution in [0.25, 0.3) is 0 Å². The van der Waals surface area contributed by atoms with E-state index < -0.39 is 17.7 Å². The minimum atomic E-state index is -4.36. The Morgan fingerprint density at radius 3 is 2.47 bits per heavy atom. The first-order valence-electron chi connectivity index (χ1n) is 9.60. The molecular weight excluding hydrogens is 397 g/mol. The molecule has 1 atom stereocenters. The van der Waals surface area contributed by atoms with Gasteiger partial charge in [0, 0.05) is 18.4 Å². The Labute approximate surface area is 172 Å². The van der Waals surface area contributed by atoms with Crippen LogP contribution in [0.1, 0.15) is 48.1 Å². The highest BCUT2D eigenvalue weighted by molar-refractivity contribution is 5.67. The van der Waals surface area contributed by atoms with Crippen LogP contribution >= 0.6 is 0 Å². The highest BCUT2D eigenvalue weighted by Gasteiger charge is 2.31. The van der Waals surface area contributed by atoms with Gasteiger partial charge < -0.3 is 14.6 Å². The van der Waals surface area contributed by atoms with Crippen molar-refractivity contribution in [3.63, 3.8) is 0 Å². The average molecular weight is 420 g/mol. The largest absolute Gasteiger partial charge is 0.490 e. The number of carboxylic acid groups (broad SMARTS) is 1. The molecule has 1 heterocycles. The number of allylic oxidation sites excluding steroid dienone is 1. The maximum absolute atomic E-state index is 12.7. The second-order valence-electron chi connectivity index (χ2n) is 7.36. The second kappa shape index (κ2) is 8.81. The standard InChI is InChI=1S/C23H23F3O4/c1-14-11-20(9-5-16(14)6-10-22(27)28)29-13-18-12-21(30-15(18)2)17-3-7-19(8-4-17)23(24,25)26/h3-5,7-9,11,21H,6,10,12-13H2,1-2H3,(H,27,28). The molecular formula is C23H23F3O4. The van der Waals surface area contributed by atoms with Gasteiger partial charge in [0.15, 0.2) is 0 Å². The van der Waals surface area contributed by atoms with E-state index in [-0.39, 0.29) is 12.5 Å². The fourth-order valence-electron chi connectivity index (χ4n) is 3.39. The zero-order valence-corrected chi connectivity index (χ0v) is 16.8. The van der Waals surface area contributed by atoms with Gasteiger partial charge in [0.1, 0.15) is 18.5 Å². The first-order chi connectivity index (χ1) is 14.1. The highest BCUT2D eigenvalue weighted by atomic mass is 19.4. The third-order valence-electron chi connectivity index (χ3n) is 5.19. The Bertz CT molecular complexity index is 946. The van der Waals surface area contributed by atoms with E-state index in [1.807, 2.05) is 32.0 Å². The smallest absolute Gasteiger partial charge is 0.416 e. The molecule has 2 aromatic rings. The molecule has 0 spiro atoms. The molecule has 30 heavy (non-hydrogen) atoms. The lowest BCUT2D eigenvalue weighted by molar-refractivity contribution is -0.138. The number of aryl methyl sites for hydroxylation is 2. The Balaban J connectivity index is 1.58. The third kappa shape index (κ3) is 5.34. The van der Waals surface area contributed by atoms with Gasteiger partial charge in [-0.25, -0.2) is 0 Å². The summed E-state index contributed by atoms with van der Waals surface area (Å²) in [5.41, 5.74) is 2.89. The van der Waals surface area contributed by atoms with Crippen LogP contribution in [-0.4, -0.2) is 17.7 Å². The van der Waals surface area contributed by atoms with Crippen molar-refractivity contribution in [2.75, 3.05) is 6.61 Å². The first-order valence-corrected chi connectivity index (χ1v) is 9.60. The lowest BCUT2D eigenvalue weighted by Crippen LogP contribution is -2.06. The maximum Gasteiger partial charge on any atom is 0.416 e. The zero-order valence-electron chi connectivity index (χ0n) is 16.8. The van der Waals surface area contributed by atoms with E-state index in [1.54, 1.807) is 0 Å². The van der Waals surface area contributed by atoms with Gasteiger partial charge in [0.2, 0.25) is 0 Å². The normalized spacial score (nSPS) is 16.5. The van der Waals surface area contributed by atoms with Crippen LogP contribution in [0, 0.1) is 6.92 Å². The van der Waals surface area contributed by atoms with Crippen LogP contribution in [0.5, 0.6) is 5.75 Å². The molecule has 3 rings (SSSR count). The monoisotopic (exact) mass is 420 g/mol. The predicted octanol–water partition coefficient (Wildman–Crippen LogP) is 5.85. The molecule has 0 aliphatic carbocycles. The molecule has 1 unspecified atom stereocenters. The fraction of sp³-hybridized carbons (Fsp3) is 0.348. The third-order valence-corrected chi connectivity index (χ3v) is 5.19. The molecule has 0 saturated carbocycles. The fourth-order valence-corrected chi connectivity index (χ4v) is 3.39. The topological polar surface area (TPSA) is 55.8 Å². The molecule has 0 aromatic heterocycles. The van der Waals surface area contributed by atoms with Gasteiger partial charge in [-0.15, -0.1) is 0 Å². The minimum absolute atomic E-state index is 0.0792. The number of alkyl halides is 3. The number of hydrogen-bond acceptors (Lipinski definition) is 3. The number of carbonyl (C=O) groups is 1. The van der Waals surface area contributed by atoms with E-state index in [1.165, 1.54) is 12.1 Å². The molecule has 0 bridgehead atoms. The molecule has 0 saturated heterocycles. The van der Waals surface area contributed by atoms with Crippen molar-refractivity contribution in [1.82, 2.24) is 0 Å². The van der Waals surface area contributed by atoms with Crippen LogP contribution < -0.4 is 4.74 Å². The van der Waals surface area contributed by atoms with E-state index in [4.69, 9.17) is 14.6 Å². The van der Waals surface area contributed by atoms with Gasteiger partial charge in [-0.3, -0.25) is 4.79 Å². The number of aliphatic carboxylic acids is 1. The van der Waals surface area contributed by atoms with E-state index in [9.17, 15) is 18.0 Å². The van der Waals surface area contributed by atoms with E-state index in [2.05, 4.69) is 0 Å². The van der Waals surface area contributed by atoms with Gasteiger partial charge in [0.05, 0.1) is 11.3 Å². The summed E-state index contributed by atoms with van der Waals surface area (Å²) in [5, 5.41) is 8.81. The summed E-state index contributed by atoms with van der Waals surface area (Å²) in [6.07, 6.45) is -3.59. The molecule has 1 aliphatic rings. The van der Waals surface area contributed by atoms with E-state index in [0.717, 1.165) is 34.6 Å². The SMILES string of the molecule is CC1=C(COc2ccc(CCC(=O)O)c(C)c2)CC(c2ccc(C(F)(F)F)cc2)O1. The Morgan fingerprint density at radius 1 is 1.17 bits per heavy atom. The summed E-state index contributed by atoms with van der Waals surface area (Å²) in [6, 6.07) is 10.6. The Morgan fingerprint density at radius 2 is 1.87 bits per heavy atom. The van der Waals surface area contributed by atoms with Crippen LogP contribution in [0.15, 0.2) is 53.8 Å². The quantitative estimate of drug-likeness (QED) is 0.611. The lowest BCUT2D eigenvalue weighted by Gasteiger charge is -2.13.